The molecule has 0 radical (unpaired) electrons. The molecule has 0 saturated heterocycles. The summed E-state index contributed by atoms with van der Waals surface area (Å²) in [7, 11) is 3.15. The predicted molar refractivity (Wildman–Crippen MR) is 112 cm³/mol. The maximum Gasteiger partial charge on any atom is 0.337 e. The van der Waals surface area contributed by atoms with Gasteiger partial charge in [0.15, 0.2) is 0 Å². The van der Waals surface area contributed by atoms with E-state index in [0.29, 0.717) is 16.6 Å². The Hall–Kier alpha value is -3.39. The highest BCUT2D eigenvalue weighted by atomic mass is 16.5. The van der Waals surface area contributed by atoms with Gasteiger partial charge in [-0.2, -0.15) is 4.98 Å². The molecule has 3 aromatic rings. The van der Waals surface area contributed by atoms with Crippen LogP contribution in [0.1, 0.15) is 35.3 Å². The topological polar surface area (TPSA) is 101 Å². The number of ether oxygens (including phenoxy) is 2. The van der Waals surface area contributed by atoms with E-state index in [1.54, 1.807) is 28.8 Å². The molecule has 0 saturated carbocycles. The van der Waals surface area contributed by atoms with Crippen molar-refractivity contribution in [3.05, 3.63) is 57.5 Å². The van der Waals surface area contributed by atoms with E-state index >= 15 is 0 Å². The zero-order chi connectivity index (χ0) is 21.1. The van der Waals surface area contributed by atoms with Gasteiger partial charge in [0.1, 0.15) is 12.4 Å². The second-order valence-corrected chi connectivity index (χ2v) is 6.89. The number of rotatable bonds is 6. The average molecular weight is 396 g/mol. The normalized spacial score (nSPS) is 11.6. The number of fused-ring (bicyclic) bond motifs is 1. The fourth-order valence-electron chi connectivity index (χ4n) is 2.91. The molecule has 2 aromatic heterocycles. The quantitative estimate of drug-likeness (QED) is 0.643. The number of carbonyl (C=O) groups excluding carboxylic acids is 1. The first-order chi connectivity index (χ1) is 13.8. The van der Waals surface area contributed by atoms with E-state index in [1.807, 2.05) is 39.2 Å². The van der Waals surface area contributed by atoms with Crippen molar-refractivity contribution in [1.29, 1.82) is 0 Å². The molecule has 29 heavy (non-hydrogen) atoms. The Morgan fingerprint density at radius 1 is 1.24 bits per heavy atom. The van der Waals surface area contributed by atoms with Gasteiger partial charge in [-0.15, -0.1) is 0 Å². The minimum Gasteiger partial charge on any atom is -0.465 e. The van der Waals surface area contributed by atoms with Crippen LogP contribution < -0.4 is 11.3 Å². The number of aryl methyl sites for hydroxylation is 1. The van der Waals surface area contributed by atoms with Gasteiger partial charge in [0.05, 0.1) is 24.2 Å². The van der Waals surface area contributed by atoms with Crippen molar-refractivity contribution >= 4 is 35.1 Å². The Bertz CT molecular complexity index is 1120. The molecule has 0 fully saturated rings. The largest absolute Gasteiger partial charge is 0.465 e. The van der Waals surface area contributed by atoms with Crippen molar-refractivity contribution in [2.75, 3.05) is 12.8 Å². The molecule has 1 aromatic carbocycles. The van der Waals surface area contributed by atoms with E-state index in [0.717, 1.165) is 11.1 Å². The third-order valence-corrected chi connectivity index (χ3v) is 4.46. The molecular formula is C21H24N4O4. The maximum absolute atomic E-state index is 13.0. The van der Waals surface area contributed by atoms with Crippen LogP contribution in [0.5, 0.6) is 0 Å². The Morgan fingerprint density at radius 3 is 2.55 bits per heavy atom. The Kier molecular flexibility index (Phi) is 5.84. The van der Waals surface area contributed by atoms with Gasteiger partial charge in [-0.25, -0.2) is 4.79 Å². The molecular weight excluding hydrogens is 372 g/mol. The molecule has 0 unspecified atom stereocenters. The highest BCUT2D eigenvalue weighted by Crippen LogP contribution is 2.20. The van der Waals surface area contributed by atoms with Crippen molar-refractivity contribution in [2.24, 2.45) is 7.05 Å². The molecule has 8 nitrogen and oxygen atoms in total. The van der Waals surface area contributed by atoms with Gasteiger partial charge < -0.3 is 19.8 Å². The van der Waals surface area contributed by atoms with E-state index < -0.39 is 0 Å². The van der Waals surface area contributed by atoms with Crippen molar-refractivity contribution in [2.45, 2.75) is 26.7 Å². The van der Waals surface area contributed by atoms with Gasteiger partial charge >= 0.3 is 5.97 Å². The lowest BCUT2D eigenvalue weighted by Crippen LogP contribution is -2.27. The number of aromatic nitrogens is 3. The average Bonchev–Trinajstić information content (AvgIpc) is 3.01. The molecule has 0 spiro atoms. The Labute approximate surface area is 168 Å². The van der Waals surface area contributed by atoms with Crippen LogP contribution in [0.25, 0.3) is 23.2 Å². The van der Waals surface area contributed by atoms with Crippen LogP contribution in [0.2, 0.25) is 0 Å². The molecule has 2 N–H and O–H groups in total. The summed E-state index contributed by atoms with van der Waals surface area (Å²) in [6, 6.07) is 6.98. The van der Waals surface area contributed by atoms with Crippen LogP contribution in [-0.2, 0) is 23.3 Å². The molecule has 2 heterocycles. The molecule has 0 bridgehead atoms. The molecule has 0 aliphatic carbocycles. The van der Waals surface area contributed by atoms with Gasteiger partial charge in [0.2, 0.25) is 5.95 Å². The number of esters is 1. The molecule has 0 amide bonds. The number of nitrogens with two attached hydrogens (primary N) is 1. The monoisotopic (exact) mass is 396 g/mol. The summed E-state index contributed by atoms with van der Waals surface area (Å²) in [5.74, 6) is -0.277. The smallest absolute Gasteiger partial charge is 0.337 e. The minimum absolute atomic E-state index is 0.0400. The Balaban J connectivity index is 1.99. The number of carbonyl (C=O) groups is 1. The van der Waals surface area contributed by atoms with E-state index in [9.17, 15) is 9.59 Å². The summed E-state index contributed by atoms with van der Waals surface area (Å²) in [5, 5.41) is 0.469. The van der Waals surface area contributed by atoms with Crippen LogP contribution in [0, 0.1) is 0 Å². The van der Waals surface area contributed by atoms with Crippen LogP contribution >= 0.6 is 0 Å². The van der Waals surface area contributed by atoms with Crippen molar-refractivity contribution < 1.29 is 14.3 Å². The third-order valence-electron chi connectivity index (χ3n) is 4.46. The molecule has 0 atom stereocenters. The first-order valence-electron chi connectivity index (χ1n) is 9.15. The van der Waals surface area contributed by atoms with Gasteiger partial charge in [0, 0.05) is 18.8 Å². The number of methoxy groups -OCH3 is 1. The zero-order valence-electron chi connectivity index (χ0n) is 16.9. The fourth-order valence-corrected chi connectivity index (χ4v) is 2.91. The summed E-state index contributed by atoms with van der Waals surface area (Å²) in [6.07, 6.45) is 5.48. The highest BCUT2D eigenvalue weighted by Gasteiger charge is 2.15. The number of nitrogens with zero attached hydrogens (tertiary/aromatic N) is 3. The molecule has 152 valence electrons. The number of anilines is 1. The van der Waals surface area contributed by atoms with Crippen LogP contribution in [0.4, 0.5) is 5.95 Å². The van der Waals surface area contributed by atoms with Gasteiger partial charge in [-0.1, -0.05) is 24.3 Å². The summed E-state index contributed by atoms with van der Waals surface area (Å²) in [6.45, 7) is 3.81. The van der Waals surface area contributed by atoms with Crippen molar-refractivity contribution in [3.8, 4) is 0 Å². The van der Waals surface area contributed by atoms with E-state index in [4.69, 9.17) is 15.2 Å². The van der Waals surface area contributed by atoms with Crippen LogP contribution in [0.3, 0.4) is 0 Å². The van der Waals surface area contributed by atoms with E-state index in [-0.39, 0.29) is 30.3 Å². The first kappa shape index (κ1) is 20.3. The van der Waals surface area contributed by atoms with E-state index in [1.165, 1.54) is 11.7 Å². The van der Waals surface area contributed by atoms with Gasteiger partial charge in [-0.3, -0.25) is 9.36 Å². The van der Waals surface area contributed by atoms with E-state index in [2.05, 4.69) is 4.98 Å². The lowest BCUT2D eigenvalue weighted by molar-refractivity contribution is 0.0279. The van der Waals surface area contributed by atoms with Crippen molar-refractivity contribution in [3.63, 3.8) is 0 Å². The summed E-state index contributed by atoms with van der Waals surface area (Å²) in [5.41, 5.74) is 8.29. The summed E-state index contributed by atoms with van der Waals surface area (Å²) >= 11 is 0. The lowest BCUT2D eigenvalue weighted by Gasteiger charge is -2.12. The fraction of sp³-hybridized carbons (Fsp3) is 0.286. The molecule has 0 aliphatic heterocycles. The first-order valence-corrected chi connectivity index (χ1v) is 9.15. The molecule has 0 aliphatic rings. The molecule has 8 heteroatoms. The van der Waals surface area contributed by atoms with Gasteiger partial charge in [0.25, 0.3) is 5.56 Å². The number of hydrogen-bond acceptors (Lipinski definition) is 6. The zero-order valence-corrected chi connectivity index (χ0v) is 16.9. The number of hydrogen-bond donors (Lipinski definition) is 1. The second-order valence-electron chi connectivity index (χ2n) is 6.89. The van der Waals surface area contributed by atoms with Crippen molar-refractivity contribution in [1.82, 2.24) is 14.1 Å². The van der Waals surface area contributed by atoms with Crippen LogP contribution in [0.15, 0.2) is 35.3 Å². The minimum atomic E-state index is -0.387. The predicted octanol–water partition coefficient (Wildman–Crippen LogP) is 2.66. The SMILES string of the molecule is COC(=O)c1ccc(C=Cc2cn(C)c3nc(N)n(COC(C)C)c(=O)c23)cc1. The molecule has 3 rings (SSSR count). The third kappa shape index (κ3) is 4.22. The number of nitrogen functional groups attached to an aromatic ring is 1. The van der Waals surface area contributed by atoms with Gasteiger partial charge in [-0.05, 0) is 31.5 Å². The highest BCUT2D eigenvalue weighted by molar-refractivity contribution is 5.91. The van der Waals surface area contributed by atoms with Crippen LogP contribution in [-0.4, -0.2) is 33.3 Å². The standard InChI is InChI=1S/C21H24N4O4/c1-13(2)29-12-25-19(26)17-16(11-24(3)18(17)23-21(25)22)10-7-14-5-8-15(9-6-14)20(27)28-4/h5-11,13H,12H2,1-4H3,(H2,22,23). The Morgan fingerprint density at radius 2 is 1.93 bits per heavy atom. The summed E-state index contributed by atoms with van der Waals surface area (Å²) < 4.78 is 13.3. The second kappa shape index (κ2) is 8.32. The summed E-state index contributed by atoms with van der Waals surface area (Å²) in [4.78, 5) is 28.9. The lowest BCUT2D eigenvalue weighted by atomic mass is 10.1. The number of benzene rings is 1. The maximum atomic E-state index is 13.0.